The van der Waals surface area contributed by atoms with Gasteiger partial charge in [0.1, 0.15) is 5.92 Å². The molecule has 0 radical (unpaired) electrons. The van der Waals surface area contributed by atoms with E-state index in [1.165, 1.54) is 12.8 Å². The molecule has 80 valence electrons. The second-order valence-electron chi connectivity index (χ2n) is 3.66. The SMILES string of the molecule is CCCCCCC1C(=O)NCNC1=O. The summed E-state index contributed by atoms with van der Waals surface area (Å²) in [5, 5.41) is 5.27. The second kappa shape index (κ2) is 5.62. The fourth-order valence-electron chi connectivity index (χ4n) is 1.62. The molecular formula is C10H18N2O2. The van der Waals surface area contributed by atoms with Gasteiger partial charge in [-0.25, -0.2) is 0 Å². The minimum absolute atomic E-state index is 0.120. The Balaban J connectivity index is 2.26. The molecular weight excluding hydrogens is 180 g/mol. The van der Waals surface area contributed by atoms with Gasteiger partial charge in [0.25, 0.3) is 0 Å². The van der Waals surface area contributed by atoms with Gasteiger partial charge in [0.05, 0.1) is 6.67 Å². The maximum Gasteiger partial charge on any atom is 0.233 e. The number of carbonyl (C=O) groups is 2. The largest absolute Gasteiger partial charge is 0.338 e. The summed E-state index contributed by atoms with van der Waals surface area (Å²) < 4.78 is 0. The van der Waals surface area contributed by atoms with Crippen LogP contribution in [0.25, 0.3) is 0 Å². The normalized spacial score (nSPS) is 17.8. The van der Waals surface area contributed by atoms with Gasteiger partial charge in [-0.3, -0.25) is 9.59 Å². The lowest BCUT2D eigenvalue weighted by Crippen LogP contribution is -2.52. The van der Waals surface area contributed by atoms with E-state index in [0.29, 0.717) is 6.42 Å². The first kappa shape index (κ1) is 11.0. The zero-order valence-corrected chi connectivity index (χ0v) is 8.64. The Labute approximate surface area is 84.4 Å². The van der Waals surface area contributed by atoms with Crippen LogP contribution in [0, 0.1) is 5.92 Å². The molecule has 0 bridgehead atoms. The van der Waals surface area contributed by atoms with Gasteiger partial charge in [-0.2, -0.15) is 0 Å². The number of nitrogens with one attached hydrogen (secondary N) is 2. The molecule has 2 amide bonds. The monoisotopic (exact) mass is 198 g/mol. The number of rotatable bonds is 5. The minimum Gasteiger partial charge on any atom is -0.338 e. The highest BCUT2D eigenvalue weighted by molar-refractivity contribution is 6.02. The van der Waals surface area contributed by atoms with Crippen LogP contribution in [-0.2, 0) is 9.59 Å². The van der Waals surface area contributed by atoms with Crippen LogP contribution in [0.3, 0.4) is 0 Å². The molecule has 0 aliphatic carbocycles. The van der Waals surface area contributed by atoms with E-state index in [9.17, 15) is 9.59 Å². The number of amides is 2. The lowest BCUT2D eigenvalue weighted by atomic mass is 9.98. The number of hydrogen-bond donors (Lipinski definition) is 2. The summed E-state index contributed by atoms with van der Waals surface area (Å²) in [7, 11) is 0. The van der Waals surface area contributed by atoms with Crippen LogP contribution < -0.4 is 10.6 Å². The molecule has 0 aromatic rings. The molecule has 0 atom stereocenters. The van der Waals surface area contributed by atoms with E-state index in [1.54, 1.807) is 0 Å². The molecule has 1 aliphatic heterocycles. The molecule has 14 heavy (non-hydrogen) atoms. The van der Waals surface area contributed by atoms with Crippen LogP contribution in [-0.4, -0.2) is 18.5 Å². The van der Waals surface area contributed by atoms with E-state index in [0.717, 1.165) is 12.8 Å². The van der Waals surface area contributed by atoms with Crippen molar-refractivity contribution in [1.29, 1.82) is 0 Å². The molecule has 0 unspecified atom stereocenters. The predicted octanol–water partition coefficient (Wildman–Crippen LogP) is 0.776. The third-order valence-corrected chi connectivity index (χ3v) is 2.50. The highest BCUT2D eigenvalue weighted by Gasteiger charge is 2.28. The molecule has 0 spiro atoms. The highest BCUT2D eigenvalue weighted by atomic mass is 16.2. The summed E-state index contributed by atoms with van der Waals surface area (Å²) in [6.07, 6.45) is 5.09. The smallest absolute Gasteiger partial charge is 0.233 e. The van der Waals surface area contributed by atoms with Crippen molar-refractivity contribution in [2.45, 2.75) is 39.0 Å². The van der Waals surface area contributed by atoms with E-state index in [1.807, 2.05) is 0 Å². The Morgan fingerprint density at radius 3 is 2.36 bits per heavy atom. The predicted molar refractivity (Wildman–Crippen MR) is 53.4 cm³/mol. The summed E-state index contributed by atoms with van der Waals surface area (Å²) in [5.74, 6) is -0.698. The van der Waals surface area contributed by atoms with Crippen molar-refractivity contribution < 1.29 is 9.59 Å². The van der Waals surface area contributed by atoms with E-state index in [4.69, 9.17) is 0 Å². The maximum absolute atomic E-state index is 11.3. The Morgan fingerprint density at radius 2 is 1.79 bits per heavy atom. The Hall–Kier alpha value is -1.06. The van der Waals surface area contributed by atoms with E-state index < -0.39 is 5.92 Å². The van der Waals surface area contributed by atoms with Crippen molar-refractivity contribution in [3.8, 4) is 0 Å². The summed E-state index contributed by atoms with van der Waals surface area (Å²) in [6, 6.07) is 0. The molecule has 1 fully saturated rings. The highest BCUT2D eigenvalue weighted by Crippen LogP contribution is 2.12. The quantitative estimate of drug-likeness (QED) is 0.506. The first-order valence-corrected chi connectivity index (χ1v) is 5.31. The van der Waals surface area contributed by atoms with E-state index in [2.05, 4.69) is 17.6 Å². The fraction of sp³-hybridized carbons (Fsp3) is 0.800. The summed E-state index contributed by atoms with van der Waals surface area (Å²) >= 11 is 0. The third kappa shape index (κ3) is 3.01. The average Bonchev–Trinajstić information content (AvgIpc) is 2.16. The van der Waals surface area contributed by atoms with Crippen LogP contribution in [0.5, 0.6) is 0 Å². The van der Waals surface area contributed by atoms with Crippen molar-refractivity contribution >= 4 is 11.8 Å². The van der Waals surface area contributed by atoms with Crippen LogP contribution >= 0.6 is 0 Å². The maximum atomic E-state index is 11.3. The molecule has 1 saturated heterocycles. The number of hydrogen-bond acceptors (Lipinski definition) is 2. The summed E-state index contributed by atoms with van der Waals surface area (Å²) in [5.41, 5.74) is 0. The van der Waals surface area contributed by atoms with Crippen LogP contribution in [0.2, 0.25) is 0 Å². The molecule has 1 aliphatic rings. The van der Waals surface area contributed by atoms with Crippen molar-refractivity contribution in [2.75, 3.05) is 6.67 Å². The van der Waals surface area contributed by atoms with Crippen molar-refractivity contribution in [1.82, 2.24) is 10.6 Å². The van der Waals surface area contributed by atoms with Gasteiger partial charge in [-0.15, -0.1) is 0 Å². The molecule has 2 N–H and O–H groups in total. The summed E-state index contributed by atoms with van der Waals surface area (Å²) in [6.45, 7) is 2.42. The van der Waals surface area contributed by atoms with Crippen molar-refractivity contribution in [2.24, 2.45) is 5.92 Å². The van der Waals surface area contributed by atoms with Crippen LogP contribution in [0.15, 0.2) is 0 Å². The molecule has 1 heterocycles. The van der Waals surface area contributed by atoms with Gasteiger partial charge in [0, 0.05) is 0 Å². The molecule has 4 nitrogen and oxygen atoms in total. The molecule has 0 aromatic heterocycles. The topological polar surface area (TPSA) is 58.2 Å². The van der Waals surface area contributed by atoms with E-state index >= 15 is 0 Å². The van der Waals surface area contributed by atoms with Crippen molar-refractivity contribution in [3.05, 3.63) is 0 Å². The minimum atomic E-state index is -0.458. The van der Waals surface area contributed by atoms with Crippen molar-refractivity contribution in [3.63, 3.8) is 0 Å². The fourth-order valence-corrected chi connectivity index (χ4v) is 1.62. The molecule has 0 aromatic carbocycles. The average molecular weight is 198 g/mol. The Morgan fingerprint density at radius 1 is 1.14 bits per heavy atom. The summed E-state index contributed by atoms with van der Waals surface area (Å²) in [4.78, 5) is 22.6. The molecule has 0 saturated carbocycles. The van der Waals surface area contributed by atoms with Gasteiger partial charge in [-0.1, -0.05) is 32.6 Å². The van der Waals surface area contributed by atoms with Crippen LogP contribution in [0.1, 0.15) is 39.0 Å². The van der Waals surface area contributed by atoms with E-state index in [-0.39, 0.29) is 18.5 Å². The lowest BCUT2D eigenvalue weighted by molar-refractivity contribution is -0.138. The zero-order chi connectivity index (χ0) is 10.4. The lowest BCUT2D eigenvalue weighted by Gasteiger charge is -2.21. The van der Waals surface area contributed by atoms with Gasteiger partial charge < -0.3 is 10.6 Å². The molecule has 1 rings (SSSR count). The Bertz CT molecular complexity index is 200. The van der Waals surface area contributed by atoms with Gasteiger partial charge in [0.2, 0.25) is 11.8 Å². The van der Waals surface area contributed by atoms with Gasteiger partial charge in [-0.05, 0) is 6.42 Å². The van der Waals surface area contributed by atoms with Gasteiger partial charge >= 0.3 is 0 Å². The number of carbonyl (C=O) groups excluding carboxylic acids is 2. The number of unbranched alkanes of at least 4 members (excludes halogenated alkanes) is 3. The first-order chi connectivity index (χ1) is 6.75. The third-order valence-electron chi connectivity index (χ3n) is 2.50. The second-order valence-corrected chi connectivity index (χ2v) is 3.66. The first-order valence-electron chi connectivity index (χ1n) is 5.31. The standard InChI is InChI=1S/C10H18N2O2/c1-2-3-4-5-6-8-9(13)11-7-12-10(8)14/h8H,2-7H2,1H3,(H,11,13)(H,12,14). The Kier molecular flexibility index (Phi) is 4.43. The van der Waals surface area contributed by atoms with Gasteiger partial charge in [0.15, 0.2) is 0 Å². The zero-order valence-electron chi connectivity index (χ0n) is 8.64. The molecule has 4 heteroatoms. The van der Waals surface area contributed by atoms with Crippen LogP contribution in [0.4, 0.5) is 0 Å².